The monoisotopic (exact) mass is 382 g/mol. The molecular formula is C20H22N4O4. The van der Waals surface area contributed by atoms with Crippen LogP contribution in [0.25, 0.3) is 5.65 Å². The van der Waals surface area contributed by atoms with E-state index in [-0.39, 0.29) is 18.6 Å². The van der Waals surface area contributed by atoms with Crippen molar-refractivity contribution in [1.82, 2.24) is 19.5 Å². The first-order valence-electron chi connectivity index (χ1n) is 9.18. The van der Waals surface area contributed by atoms with Crippen LogP contribution in [0.15, 0.2) is 36.7 Å². The van der Waals surface area contributed by atoms with Crippen LogP contribution < -0.4 is 9.47 Å². The SMILES string of the molecule is C[C@H](c1ccc2c(c1)OCCO2)N(C)C(=O)c1cc2ncc(CCO)cn2n1. The number of amides is 1. The van der Waals surface area contributed by atoms with Crippen LogP contribution in [0.2, 0.25) is 0 Å². The van der Waals surface area contributed by atoms with Gasteiger partial charge in [0.1, 0.15) is 13.2 Å². The summed E-state index contributed by atoms with van der Waals surface area (Å²) in [6.07, 6.45) is 3.95. The van der Waals surface area contributed by atoms with E-state index in [0.717, 1.165) is 16.9 Å². The molecule has 28 heavy (non-hydrogen) atoms. The van der Waals surface area contributed by atoms with Gasteiger partial charge in [-0.25, -0.2) is 9.50 Å². The van der Waals surface area contributed by atoms with Gasteiger partial charge in [0.15, 0.2) is 22.8 Å². The minimum Gasteiger partial charge on any atom is -0.486 e. The summed E-state index contributed by atoms with van der Waals surface area (Å²) in [7, 11) is 1.75. The zero-order valence-electron chi connectivity index (χ0n) is 15.8. The van der Waals surface area contributed by atoms with Gasteiger partial charge >= 0.3 is 0 Å². The standard InChI is InChI=1S/C20H22N4O4/c1-13(15-3-4-17-18(9-15)28-8-7-27-17)23(2)20(26)16-10-19-21-11-14(5-6-25)12-24(19)22-16/h3-4,9-13,25H,5-8H2,1-2H3/t13-/m1/s1. The Morgan fingerprint density at radius 1 is 1.29 bits per heavy atom. The Kier molecular flexibility index (Phi) is 4.87. The molecule has 0 bridgehead atoms. The minimum atomic E-state index is -0.198. The van der Waals surface area contributed by atoms with E-state index in [2.05, 4.69) is 10.1 Å². The van der Waals surface area contributed by atoms with Gasteiger partial charge < -0.3 is 19.5 Å². The quantitative estimate of drug-likeness (QED) is 0.725. The summed E-state index contributed by atoms with van der Waals surface area (Å²) in [6.45, 7) is 3.06. The molecule has 1 atom stereocenters. The molecule has 4 rings (SSSR count). The van der Waals surface area contributed by atoms with Crippen molar-refractivity contribution < 1.29 is 19.4 Å². The predicted molar refractivity (Wildman–Crippen MR) is 102 cm³/mol. The molecule has 1 aliphatic heterocycles. The van der Waals surface area contributed by atoms with Gasteiger partial charge in [0.25, 0.3) is 5.91 Å². The molecule has 0 spiro atoms. The van der Waals surface area contributed by atoms with Crippen LogP contribution in [0.4, 0.5) is 0 Å². The first-order chi connectivity index (χ1) is 13.6. The maximum atomic E-state index is 13.0. The number of carbonyl (C=O) groups excluding carboxylic acids is 1. The number of hydrogen-bond donors (Lipinski definition) is 1. The summed E-state index contributed by atoms with van der Waals surface area (Å²) >= 11 is 0. The Morgan fingerprint density at radius 2 is 2.07 bits per heavy atom. The molecule has 0 fully saturated rings. The molecule has 3 aromatic rings. The van der Waals surface area contributed by atoms with Crippen molar-refractivity contribution in [2.45, 2.75) is 19.4 Å². The summed E-state index contributed by atoms with van der Waals surface area (Å²) in [5, 5.41) is 13.4. The minimum absolute atomic E-state index is 0.0377. The summed E-state index contributed by atoms with van der Waals surface area (Å²) in [4.78, 5) is 18.9. The molecule has 0 unspecified atom stereocenters. The molecule has 0 aliphatic carbocycles. The van der Waals surface area contributed by atoms with Crippen LogP contribution >= 0.6 is 0 Å². The molecule has 1 aromatic carbocycles. The fourth-order valence-corrected chi connectivity index (χ4v) is 3.18. The van der Waals surface area contributed by atoms with Crippen molar-refractivity contribution in [1.29, 1.82) is 0 Å². The third-order valence-electron chi connectivity index (χ3n) is 4.94. The average Bonchev–Trinajstić information content (AvgIpc) is 3.15. The van der Waals surface area contributed by atoms with Crippen LogP contribution in [0.1, 0.15) is 34.6 Å². The Labute approximate surface area is 162 Å². The number of carbonyl (C=O) groups is 1. The van der Waals surface area contributed by atoms with Crippen LogP contribution in [0.5, 0.6) is 11.5 Å². The van der Waals surface area contributed by atoms with Crippen molar-refractivity contribution in [2.24, 2.45) is 0 Å². The van der Waals surface area contributed by atoms with Crippen molar-refractivity contribution in [3.05, 3.63) is 53.5 Å². The summed E-state index contributed by atoms with van der Waals surface area (Å²) in [6, 6.07) is 7.21. The summed E-state index contributed by atoms with van der Waals surface area (Å²) < 4.78 is 12.8. The Morgan fingerprint density at radius 3 is 2.86 bits per heavy atom. The molecule has 2 aromatic heterocycles. The molecule has 0 radical (unpaired) electrons. The third-order valence-corrected chi connectivity index (χ3v) is 4.94. The van der Waals surface area contributed by atoms with Gasteiger partial charge in [-0.05, 0) is 36.6 Å². The van der Waals surface area contributed by atoms with Crippen molar-refractivity contribution in [3.63, 3.8) is 0 Å². The van der Waals surface area contributed by atoms with Crippen LogP contribution in [0, 0.1) is 0 Å². The number of benzene rings is 1. The van der Waals surface area contributed by atoms with Gasteiger partial charge in [-0.3, -0.25) is 4.79 Å². The lowest BCUT2D eigenvalue weighted by Crippen LogP contribution is -2.30. The largest absolute Gasteiger partial charge is 0.486 e. The number of hydrogen-bond acceptors (Lipinski definition) is 6. The Balaban J connectivity index is 1.56. The molecule has 3 heterocycles. The van der Waals surface area contributed by atoms with E-state index in [1.54, 1.807) is 34.9 Å². The summed E-state index contributed by atoms with van der Waals surface area (Å²) in [5.74, 6) is 1.22. The lowest BCUT2D eigenvalue weighted by molar-refractivity contribution is 0.0735. The molecule has 1 amide bonds. The highest BCUT2D eigenvalue weighted by atomic mass is 16.6. The molecule has 146 valence electrons. The van der Waals surface area contributed by atoms with Gasteiger partial charge in [0.05, 0.1) is 6.04 Å². The van der Waals surface area contributed by atoms with E-state index < -0.39 is 0 Å². The normalized spacial score (nSPS) is 14.1. The molecule has 1 aliphatic rings. The number of ether oxygens (including phenoxy) is 2. The molecule has 8 heteroatoms. The fraction of sp³-hybridized carbons (Fsp3) is 0.350. The lowest BCUT2D eigenvalue weighted by atomic mass is 10.1. The number of aliphatic hydroxyl groups is 1. The third kappa shape index (κ3) is 3.38. The van der Waals surface area contributed by atoms with E-state index in [9.17, 15) is 4.79 Å². The van der Waals surface area contributed by atoms with Gasteiger partial charge in [-0.15, -0.1) is 0 Å². The van der Waals surface area contributed by atoms with Crippen molar-refractivity contribution in [3.8, 4) is 11.5 Å². The zero-order chi connectivity index (χ0) is 19.7. The second-order valence-electron chi connectivity index (χ2n) is 6.76. The highest BCUT2D eigenvalue weighted by Crippen LogP contribution is 2.34. The highest BCUT2D eigenvalue weighted by molar-refractivity contribution is 5.93. The lowest BCUT2D eigenvalue weighted by Gasteiger charge is -2.26. The predicted octanol–water partition coefficient (Wildman–Crippen LogP) is 1.87. The van der Waals surface area contributed by atoms with E-state index in [1.807, 2.05) is 25.1 Å². The number of aliphatic hydroxyl groups excluding tert-OH is 1. The first kappa shape index (κ1) is 18.2. The van der Waals surface area contributed by atoms with Crippen molar-refractivity contribution in [2.75, 3.05) is 26.9 Å². The van der Waals surface area contributed by atoms with E-state index in [4.69, 9.17) is 14.6 Å². The molecule has 1 N–H and O–H groups in total. The van der Waals surface area contributed by atoms with Gasteiger partial charge in [-0.2, -0.15) is 5.10 Å². The molecular weight excluding hydrogens is 360 g/mol. The maximum absolute atomic E-state index is 13.0. The second-order valence-corrected chi connectivity index (χ2v) is 6.76. The molecule has 8 nitrogen and oxygen atoms in total. The zero-order valence-corrected chi connectivity index (χ0v) is 15.8. The highest BCUT2D eigenvalue weighted by Gasteiger charge is 2.23. The van der Waals surface area contributed by atoms with Crippen LogP contribution in [-0.4, -0.2) is 57.4 Å². The van der Waals surface area contributed by atoms with E-state index in [0.29, 0.717) is 36.7 Å². The Hall–Kier alpha value is -3.13. The second kappa shape index (κ2) is 7.47. The fourth-order valence-electron chi connectivity index (χ4n) is 3.18. The van der Waals surface area contributed by atoms with Gasteiger partial charge in [-0.1, -0.05) is 6.07 Å². The smallest absolute Gasteiger partial charge is 0.274 e. The number of nitrogens with zero attached hydrogens (tertiary/aromatic N) is 4. The first-order valence-corrected chi connectivity index (χ1v) is 9.18. The summed E-state index contributed by atoms with van der Waals surface area (Å²) in [5.41, 5.74) is 2.72. The number of rotatable bonds is 5. The van der Waals surface area contributed by atoms with Crippen molar-refractivity contribution >= 4 is 11.6 Å². The Bertz CT molecular complexity index is 1020. The number of aromatic nitrogens is 3. The van der Waals surface area contributed by atoms with Crippen LogP contribution in [-0.2, 0) is 6.42 Å². The maximum Gasteiger partial charge on any atom is 0.274 e. The van der Waals surface area contributed by atoms with Crippen LogP contribution in [0.3, 0.4) is 0 Å². The average molecular weight is 382 g/mol. The molecule has 0 saturated carbocycles. The number of fused-ring (bicyclic) bond motifs is 2. The van der Waals surface area contributed by atoms with E-state index >= 15 is 0 Å². The van der Waals surface area contributed by atoms with E-state index in [1.165, 1.54) is 0 Å². The topological polar surface area (TPSA) is 89.2 Å². The van der Waals surface area contributed by atoms with Gasteiger partial charge in [0.2, 0.25) is 0 Å². The van der Waals surface area contributed by atoms with Gasteiger partial charge in [0, 0.05) is 32.1 Å². The molecule has 0 saturated heterocycles.